The van der Waals surface area contributed by atoms with E-state index >= 15 is 0 Å². The van der Waals surface area contributed by atoms with E-state index in [1.165, 1.54) is 0 Å². The summed E-state index contributed by atoms with van der Waals surface area (Å²) in [7, 11) is -5.08. The average Bonchev–Trinajstić information content (AvgIpc) is 3.35. The smallest absolute Gasteiger partial charge is 0.726 e. The van der Waals surface area contributed by atoms with Gasteiger partial charge in [-0.15, -0.1) is 0 Å². The Labute approximate surface area is 320 Å². The molecule has 16 atom stereocenters. The Morgan fingerprint density at radius 2 is 1.64 bits per heavy atom. The molecule has 5 fully saturated rings. The molecule has 14 heteroatoms. The summed E-state index contributed by atoms with van der Waals surface area (Å²) in [5, 5.41) is 65.3. The summed E-state index contributed by atoms with van der Waals surface area (Å²) in [6, 6.07) is 0. The minimum absolute atomic E-state index is 0. The van der Waals surface area contributed by atoms with E-state index in [4.69, 9.17) is 13.7 Å². The first-order chi connectivity index (χ1) is 22.4. The van der Waals surface area contributed by atoms with Crippen LogP contribution in [0.15, 0.2) is 11.6 Å². The minimum atomic E-state index is -5.08. The molecule has 0 amide bonds. The third kappa shape index (κ3) is 7.22. The molecule has 50 heavy (non-hydrogen) atoms. The van der Waals surface area contributed by atoms with Gasteiger partial charge in [-0.05, 0) is 117 Å². The molecule has 6 N–H and O–H groups in total. The van der Waals surface area contributed by atoms with Crippen LogP contribution in [-0.4, -0.2) is 105 Å². The third-order valence-electron chi connectivity index (χ3n) is 14.6. The van der Waals surface area contributed by atoms with Gasteiger partial charge in [0, 0.05) is 0 Å². The monoisotopic (exact) mass is 740 g/mol. The number of aliphatic hydroxyl groups is 6. The Kier molecular flexibility index (Phi) is 12.7. The number of hydrogen-bond donors (Lipinski definition) is 6. The standard InChI is InChI=1S/C36H62O12S.Na/c1-19(2)10-9-13-36(8,42)20-11-15-34(6)26(20)22(48-49(43,44)45)16-24-33(5)14-12-25(32(3,4)30(33)21(38)17-35(24,34)7)47-31-29(41)28(40)27(39)23(18-37)46-31;/h10,20-31,37-42H,9,11-18H2,1-8H3,(H,43,44,45);/q;+1/p-1/t20?,21-,22+,23+,24?,25-,26?,27+,28-,29+,30?,31-,33+,34+,35+,36-;/m0./s1. The van der Waals surface area contributed by atoms with Crippen LogP contribution in [0, 0.1) is 45.3 Å². The molecule has 12 nitrogen and oxygen atoms in total. The molecule has 1 heterocycles. The molecule has 5 rings (SSSR count). The van der Waals surface area contributed by atoms with Gasteiger partial charge in [-0.2, -0.15) is 0 Å². The zero-order valence-electron chi connectivity index (χ0n) is 31.4. The molecular formula is C36H61NaO12S. The second-order valence-electron chi connectivity index (χ2n) is 18.0. The van der Waals surface area contributed by atoms with E-state index in [2.05, 4.69) is 26.8 Å². The van der Waals surface area contributed by atoms with Crippen LogP contribution in [-0.2, 0) is 24.1 Å². The molecule has 1 saturated heterocycles. The number of aliphatic hydroxyl groups excluding tert-OH is 5. The Morgan fingerprint density at radius 1 is 1.00 bits per heavy atom. The van der Waals surface area contributed by atoms with Gasteiger partial charge in [0.1, 0.15) is 24.4 Å². The van der Waals surface area contributed by atoms with Crippen molar-refractivity contribution in [3.8, 4) is 0 Å². The Morgan fingerprint density at radius 3 is 2.22 bits per heavy atom. The predicted octanol–water partition coefficient (Wildman–Crippen LogP) is -0.216. The number of allylic oxidation sites excluding steroid dienone is 2. The van der Waals surface area contributed by atoms with Crippen LogP contribution in [0.4, 0.5) is 0 Å². The van der Waals surface area contributed by atoms with Crippen LogP contribution in [0.2, 0.25) is 0 Å². The van der Waals surface area contributed by atoms with Crippen LogP contribution in [0.25, 0.3) is 0 Å². The van der Waals surface area contributed by atoms with E-state index in [0.717, 1.165) is 5.57 Å². The van der Waals surface area contributed by atoms with Gasteiger partial charge in [0.25, 0.3) is 0 Å². The second kappa shape index (κ2) is 14.7. The van der Waals surface area contributed by atoms with Crippen molar-refractivity contribution in [3.63, 3.8) is 0 Å². The molecule has 0 bridgehead atoms. The van der Waals surface area contributed by atoms with Gasteiger partial charge in [-0.1, -0.05) is 46.3 Å². The molecule has 0 aromatic carbocycles. The molecule has 5 aliphatic rings. The third-order valence-corrected chi connectivity index (χ3v) is 15.1. The van der Waals surface area contributed by atoms with E-state index in [-0.39, 0.29) is 53.7 Å². The first kappa shape index (κ1) is 43.0. The molecular weight excluding hydrogens is 679 g/mol. The summed E-state index contributed by atoms with van der Waals surface area (Å²) in [4.78, 5) is 0. The first-order valence-corrected chi connectivity index (χ1v) is 19.4. The summed E-state index contributed by atoms with van der Waals surface area (Å²) in [6.45, 7) is 15.7. The summed E-state index contributed by atoms with van der Waals surface area (Å²) in [6.07, 6.45) is -3.02. The topological polar surface area (TPSA) is 206 Å². The van der Waals surface area contributed by atoms with Crippen molar-refractivity contribution in [2.75, 3.05) is 6.61 Å². The molecule has 4 aliphatic carbocycles. The van der Waals surface area contributed by atoms with Gasteiger partial charge in [0.05, 0.1) is 30.5 Å². The predicted molar refractivity (Wildman–Crippen MR) is 178 cm³/mol. The average molecular weight is 741 g/mol. The largest absolute Gasteiger partial charge is 1.00 e. The van der Waals surface area contributed by atoms with E-state index in [0.29, 0.717) is 44.9 Å². The van der Waals surface area contributed by atoms with Crippen molar-refractivity contribution >= 4 is 10.4 Å². The zero-order valence-corrected chi connectivity index (χ0v) is 34.2. The van der Waals surface area contributed by atoms with Gasteiger partial charge in [0.2, 0.25) is 10.4 Å². The van der Waals surface area contributed by atoms with Crippen molar-refractivity contribution in [2.24, 2.45) is 45.3 Å². The van der Waals surface area contributed by atoms with E-state index < -0.39 is 99.2 Å². The number of ether oxygens (including phenoxy) is 2. The molecule has 284 valence electrons. The fourth-order valence-corrected chi connectivity index (χ4v) is 12.8. The van der Waals surface area contributed by atoms with E-state index in [9.17, 15) is 43.6 Å². The van der Waals surface area contributed by atoms with E-state index in [1.807, 2.05) is 34.6 Å². The Balaban J connectivity index is 0.00000562. The fourth-order valence-electron chi connectivity index (χ4n) is 12.3. The van der Waals surface area contributed by atoms with Crippen LogP contribution < -0.4 is 29.6 Å². The first-order valence-electron chi connectivity index (χ1n) is 18.1. The maximum absolute atomic E-state index is 12.3. The number of fused-ring (bicyclic) bond motifs is 5. The van der Waals surface area contributed by atoms with Crippen molar-refractivity contribution in [1.82, 2.24) is 0 Å². The molecule has 0 aromatic rings. The van der Waals surface area contributed by atoms with Crippen LogP contribution in [0.3, 0.4) is 0 Å². The minimum Gasteiger partial charge on any atom is -0.726 e. The molecule has 1 aliphatic heterocycles. The van der Waals surface area contributed by atoms with Crippen LogP contribution in [0.1, 0.15) is 107 Å². The van der Waals surface area contributed by atoms with Crippen molar-refractivity contribution in [1.29, 1.82) is 0 Å². The molecule has 0 radical (unpaired) electrons. The zero-order chi connectivity index (χ0) is 36.7. The summed E-state index contributed by atoms with van der Waals surface area (Å²) >= 11 is 0. The van der Waals surface area contributed by atoms with Gasteiger partial charge < -0.3 is 44.7 Å². The molecule has 4 saturated carbocycles. The van der Waals surface area contributed by atoms with E-state index in [1.54, 1.807) is 0 Å². The van der Waals surface area contributed by atoms with Crippen LogP contribution in [0.5, 0.6) is 0 Å². The number of hydrogen-bond acceptors (Lipinski definition) is 12. The van der Waals surface area contributed by atoms with Gasteiger partial charge in [0.15, 0.2) is 6.29 Å². The summed E-state index contributed by atoms with van der Waals surface area (Å²) in [5.74, 6) is -1.24. The normalized spacial score (nSPS) is 48.3. The Bertz CT molecular complexity index is 1350. The molecule has 0 aromatic heterocycles. The SMILES string of the molecule is CC(C)=CCC[C@](C)(O)C1CC[C@]2(C)C1[C@H](OS(=O)(=O)[O-])CC1[C@@]3(C)CC[C@H](O[C@@H]4O[C@H](CO)[C@@H](O)[C@H](O)[C@H]4O)C(C)(C)C3[C@@H](O)C[C@]12C.[Na+]. The summed E-state index contributed by atoms with van der Waals surface area (Å²) in [5.41, 5.74) is -2.28. The quantitative estimate of drug-likeness (QED) is 0.0597. The summed E-state index contributed by atoms with van der Waals surface area (Å²) < 4.78 is 54.5. The van der Waals surface area contributed by atoms with Crippen molar-refractivity contribution < 1.29 is 86.8 Å². The maximum Gasteiger partial charge on any atom is 1.00 e. The Hall–Kier alpha value is 0.290. The second-order valence-corrected chi connectivity index (χ2v) is 19.0. The van der Waals surface area contributed by atoms with Crippen molar-refractivity contribution in [3.05, 3.63) is 11.6 Å². The molecule has 0 spiro atoms. The van der Waals surface area contributed by atoms with Crippen molar-refractivity contribution in [2.45, 2.75) is 161 Å². The molecule has 4 unspecified atom stereocenters. The van der Waals surface area contributed by atoms with Gasteiger partial charge in [-0.25, -0.2) is 8.42 Å². The maximum atomic E-state index is 12.3. The van der Waals surface area contributed by atoms with Gasteiger partial charge >= 0.3 is 29.6 Å². The fraction of sp³-hybridized carbons (Fsp3) is 0.944. The van der Waals surface area contributed by atoms with Crippen LogP contribution >= 0.6 is 0 Å². The van der Waals surface area contributed by atoms with Gasteiger partial charge in [-0.3, -0.25) is 4.18 Å². The number of rotatable bonds is 9.